The van der Waals surface area contributed by atoms with Crippen molar-refractivity contribution in [3.63, 3.8) is 0 Å². The first-order valence-electron chi connectivity index (χ1n) is 6.40. The molecule has 5 heteroatoms. The summed E-state index contributed by atoms with van der Waals surface area (Å²) >= 11 is 5.78. The summed E-state index contributed by atoms with van der Waals surface area (Å²) in [6, 6.07) is 6.92. The molecule has 0 aromatic heterocycles. The molecular weight excluding hydrogens is 278 g/mol. The van der Waals surface area contributed by atoms with Crippen LogP contribution in [0.3, 0.4) is 0 Å². The van der Waals surface area contributed by atoms with Crippen molar-refractivity contribution in [2.75, 3.05) is 6.54 Å². The third kappa shape index (κ3) is 5.05. The van der Waals surface area contributed by atoms with Gasteiger partial charge in [0.1, 0.15) is 6.54 Å². The van der Waals surface area contributed by atoms with E-state index in [0.29, 0.717) is 11.4 Å². The number of hydrogen-bond donors (Lipinski definition) is 1. The van der Waals surface area contributed by atoms with Crippen molar-refractivity contribution in [1.29, 1.82) is 0 Å². The van der Waals surface area contributed by atoms with Crippen LogP contribution in [0.2, 0.25) is 5.02 Å². The number of amides is 1. The summed E-state index contributed by atoms with van der Waals surface area (Å²) in [5.74, 6) is -1.32. The number of carbonyl (C=O) groups is 2. The molecule has 0 saturated heterocycles. The summed E-state index contributed by atoms with van der Waals surface area (Å²) in [7, 11) is 0. The fourth-order valence-electron chi connectivity index (χ4n) is 1.65. The van der Waals surface area contributed by atoms with Gasteiger partial charge in [-0.1, -0.05) is 30.7 Å². The van der Waals surface area contributed by atoms with E-state index in [-0.39, 0.29) is 18.5 Å². The van der Waals surface area contributed by atoms with Crippen molar-refractivity contribution >= 4 is 29.6 Å². The Morgan fingerprint density at radius 3 is 2.45 bits per heavy atom. The average Bonchev–Trinajstić information content (AvgIpc) is 2.42. The number of halogens is 1. The molecule has 0 radical (unpaired) electrons. The molecule has 108 valence electrons. The van der Waals surface area contributed by atoms with E-state index in [2.05, 4.69) is 0 Å². The molecule has 1 amide bonds. The maximum absolute atomic E-state index is 12.1. The summed E-state index contributed by atoms with van der Waals surface area (Å²) in [6.45, 7) is 3.45. The van der Waals surface area contributed by atoms with Gasteiger partial charge in [0, 0.05) is 17.1 Å². The van der Waals surface area contributed by atoms with Crippen LogP contribution in [0.1, 0.15) is 25.8 Å². The van der Waals surface area contributed by atoms with Gasteiger partial charge in [0.05, 0.1) is 0 Å². The van der Waals surface area contributed by atoms with Crippen molar-refractivity contribution in [2.45, 2.75) is 26.3 Å². The standard InChI is InChI=1S/C15H18ClNO3/c1-3-11(2)17(10-15(19)20)14(18)9-6-12-4-7-13(16)8-5-12/h4-9,11H,3,10H2,1-2H3,(H,19,20)/b9-6+. The van der Waals surface area contributed by atoms with Crippen LogP contribution in [-0.2, 0) is 9.59 Å². The molecule has 1 aromatic carbocycles. The van der Waals surface area contributed by atoms with Gasteiger partial charge in [0.15, 0.2) is 0 Å². The minimum atomic E-state index is -1.02. The van der Waals surface area contributed by atoms with Crippen molar-refractivity contribution in [2.24, 2.45) is 0 Å². The van der Waals surface area contributed by atoms with Gasteiger partial charge >= 0.3 is 5.97 Å². The first-order chi connectivity index (χ1) is 9.43. The van der Waals surface area contributed by atoms with E-state index in [1.54, 1.807) is 30.3 Å². The van der Waals surface area contributed by atoms with Crippen molar-refractivity contribution in [3.05, 3.63) is 40.9 Å². The zero-order valence-electron chi connectivity index (χ0n) is 11.5. The third-order valence-corrected chi connectivity index (χ3v) is 3.25. The Bertz CT molecular complexity index is 496. The predicted octanol–water partition coefficient (Wildman–Crippen LogP) is 3.06. The minimum absolute atomic E-state index is 0.117. The normalized spacial score (nSPS) is 12.3. The molecule has 1 aromatic rings. The zero-order chi connectivity index (χ0) is 15.1. The minimum Gasteiger partial charge on any atom is -0.480 e. The fraction of sp³-hybridized carbons (Fsp3) is 0.333. The van der Waals surface area contributed by atoms with E-state index in [0.717, 1.165) is 5.56 Å². The molecule has 4 nitrogen and oxygen atoms in total. The maximum atomic E-state index is 12.1. The predicted molar refractivity (Wildman–Crippen MR) is 79.6 cm³/mol. The van der Waals surface area contributed by atoms with Gasteiger partial charge in [0.2, 0.25) is 5.91 Å². The van der Waals surface area contributed by atoms with Gasteiger partial charge in [-0.15, -0.1) is 0 Å². The molecule has 0 aliphatic heterocycles. The molecule has 0 spiro atoms. The average molecular weight is 296 g/mol. The van der Waals surface area contributed by atoms with Crippen LogP contribution >= 0.6 is 11.6 Å². The molecule has 0 fully saturated rings. The third-order valence-electron chi connectivity index (χ3n) is 3.00. The Morgan fingerprint density at radius 1 is 1.35 bits per heavy atom. The van der Waals surface area contributed by atoms with Crippen molar-refractivity contribution in [3.8, 4) is 0 Å². The highest BCUT2D eigenvalue weighted by Crippen LogP contribution is 2.11. The Balaban J connectivity index is 2.79. The lowest BCUT2D eigenvalue weighted by Crippen LogP contribution is -2.40. The van der Waals surface area contributed by atoms with Crippen LogP contribution in [0.4, 0.5) is 0 Å². The highest BCUT2D eigenvalue weighted by Gasteiger charge is 2.19. The highest BCUT2D eigenvalue weighted by atomic mass is 35.5. The van der Waals surface area contributed by atoms with Gasteiger partial charge in [-0.3, -0.25) is 9.59 Å². The smallest absolute Gasteiger partial charge is 0.323 e. The van der Waals surface area contributed by atoms with Crippen LogP contribution < -0.4 is 0 Å². The van der Waals surface area contributed by atoms with E-state index < -0.39 is 5.97 Å². The molecule has 1 unspecified atom stereocenters. The Kier molecular flexibility index (Phi) is 6.25. The van der Waals surface area contributed by atoms with Gasteiger partial charge in [-0.2, -0.15) is 0 Å². The largest absolute Gasteiger partial charge is 0.480 e. The number of aliphatic carboxylic acids is 1. The lowest BCUT2D eigenvalue weighted by atomic mass is 10.2. The number of carbonyl (C=O) groups excluding carboxylic acids is 1. The van der Waals surface area contributed by atoms with E-state index >= 15 is 0 Å². The molecule has 1 atom stereocenters. The molecule has 1 N–H and O–H groups in total. The monoisotopic (exact) mass is 295 g/mol. The van der Waals surface area contributed by atoms with Gasteiger partial charge in [-0.05, 0) is 37.1 Å². The first kappa shape index (κ1) is 16.2. The van der Waals surface area contributed by atoms with Crippen LogP contribution in [0.25, 0.3) is 6.08 Å². The molecule has 0 aliphatic rings. The molecule has 0 aliphatic carbocycles. The summed E-state index contributed by atoms with van der Waals surface area (Å²) in [4.78, 5) is 24.2. The first-order valence-corrected chi connectivity index (χ1v) is 6.78. The molecular formula is C15H18ClNO3. The second-order valence-electron chi connectivity index (χ2n) is 4.50. The topological polar surface area (TPSA) is 57.6 Å². The van der Waals surface area contributed by atoms with Crippen LogP contribution in [-0.4, -0.2) is 34.5 Å². The lowest BCUT2D eigenvalue weighted by molar-refractivity contribution is -0.144. The van der Waals surface area contributed by atoms with Crippen molar-refractivity contribution < 1.29 is 14.7 Å². The number of carboxylic acid groups (broad SMARTS) is 1. The van der Waals surface area contributed by atoms with Crippen LogP contribution in [0.15, 0.2) is 30.3 Å². The maximum Gasteiger partial charge on any atom is 0.323 e. The lowest BCUT2D eigenvalue weighted by Gasteiger charge is -2.25. The number of rotatable bonds is 6. The number of benzene rings is 1. The SMILES string of the molecule is CCC(C)N(CC(=O)O)C(=O)/C=C/c1ccc(Cl)cc1. The van der Waals surface area contributed by atoms with E-state index in [1.165, 1.54) is 11.0 Å². The summed E-state index contributed by atoms with van der Waals surface area (Å²) in [5.41, 5.74) is 0.835. The molecule has 0 heterocycles. The number of hydrogen-bond acceptors (Lipinski definition) is 2. The van der Waals surface area contributed by atoms with Crippen molar-refractivity contribution in [1.82, 2.24) is 4.90 Å². The second kappa shape index (κ2) is 7.70. The summed E-state index contributed by atoms with van der Waals surface area (Å²) in [5, 5.41) is 9.49. The highest BCUT2D eigenvalue weighted by molar-refractivity contribution is 6.30. The Labute approximate surface area is 123 Å². The zero-order valence-corrected chi connectivity index (χ0v) is 12.3. The number of nitrogens with zero attached hydrogens (tertiary/aromatic N) is 1. The van der Waals surface area contributed by atoms with Gasteiger partial charge in [-0.25, -0.2) is 0 Å². The quantitative estimate of drug-likeness (QED) is 0.821. The van der Waals surface area contributed by atoms with Gasteiger partial charge < -0.3 is 10.0 Å². The molecule has 0 bridgehead atoms. The second-order valence-corrected chi connectivity index (χ2v) is 4.94. The van der Waals surface area contributed by atoms with Crippen LogP contribution in [0.5, 0.6) is 0 Å². The van der Waals surface area contributed by atoms with Gasteiger partial charge in [0.25, 0.3) is 0 Å². The Morgan fingerprint density at radius 2 is 1.95 bits per heavy atom. The molecule has 20 heavy (non-hydrogen) atoms. The van der Waals surface area contributed by atoms with E-state index in [4.69, 9.17) is 16.7 Å². The summed E-state index contributed by atoms with van der Waals surface area (Å²) in [6.07, 6.45) is 3.74. The number of carboxylic acids is 1. The van der Waals surface area contributed by atoms with E-state index in [1.807, 2.05) is 13.8 Å². The molecule has 0 saturated carbocycles. The van der Waals surface area contributed by atoms with Crippen LogP contribution in [0, 0.1) is 0 Å². The fourth-order valence-corrected chi connectivity index (χ4v) is 1.78. The molecule has 1 rings (SSSR count). The Hall–Kier alpha value is -1.81. The summed E-state index contributed by atoms with van der Waals surface area (Å²) < 4.78 is 0. The van der Waals surface area contributed by atoms with E-state index in [9.17, 15) is 9.59 Å².